The molecular weight excluding hydrogens is 414 g/mol. The molecule has 0 aliphatic carbocycles. The van der Waals surface area contributed by atoms with Crippen molar-refractivity contribution in [3.8, 4) is 0 Å². The maximum absolute atomic E-state index is 13.1. The maximum Gasteiger partial charge on any atom is 0.322 e. The average molecular weight is 440 g/mol. The fraction of sp³-hybridized carbons (Fsp3) is 0.304. The number of urea groups is 1. The quantitative estimate of drug-likeness (QED) is 0.461. The highest BCUT2D eigenvalue weighted by Crippen LogP contribution is 2.23. The number of amides is 2. The van der Waals surface area contributed by atoms with Crippen LogP contribution in [-0.2, 0) is 17.0 Å². The molecule has 2 aromatic heterocycles. The van der Waals surface area contributed by atoms with Crippen LogP contribution in [0.25, 0.3) is 0 Å². The highest BCUT2D eigenvalue weighted by molar-refractivity contribution is 7.98. The summed E-state index contributed by atoms with van der Waals surface area (Å²) >= 11 is 3.35. The molecule has 5 nitrogen and oxygen atoms in total. The van der Waals surface area contributed by atoms with Crippen molar-refractivity contribution < 1.29 is 9.53 Å². The van der Waals surface area contributed by atoms with E-state index in [2.05, 4.69) is 22.4 Å². The van der Waals surface area contributed by atoms with Gasteiger partial charge in [-0.2, -0.15) is 0 Å². The van der Waals surface area contributed by atoms with Crippen LogP contribution in [0.4, 0.5) is 10.5 Å². The summed E-state index contributed by atoms with van der Waals surface area (Å²) in [6.07, 6.45) is 4.00. The van der Waals surface area contributed by atoms with Crippen LogP contribution in [0.1, 0.15) is 23.3 Å². The van der Waals surface area contributed by atoms with Crippen molar-refractivity contribution in [1.82, 2.24) is 9.88 Å². The van der Waals surface area contributed by atoms with Gasteiger partial charge in [0.2, 0.25) is 0 Å². The number of hydrogen-bond acceptors (Lipinski definition) is 5. The summed E-state index contributed by atoms with van der Waals surface area (Å²) in [7, 11) is 0. The maximum atomic E-state index is 13.1. The Kier molecular flexibility index (Phi) is 7.39. The third-order valence-corrected chi connectivity index (χ3v) is 6.74. The van der Waals surface area contributed by atoms with E-state index in [4.69, 9.17) is 4.74 Å². The minimum Gasteiger partial charge on any atom is -0.376 e. The summed E-state index contributed by atoms with van der Waals surface area (Å²) in [6, 6.07) is 17.9. The summed E-state index contributed by atoms with van der Waals surface area (Å²) in [4.78, 5) is 20.4. The Morgan fingerprint density at radius 3 is 2.97 bits per heavy atom. The molecule has 0 saturated carbocycles. The van der Waals surface area contributed by atoms with Crippen LogP contribution in [-0.4, -0.2) is 35.2 Å². The van der Waals surface area contributed by atoms with E-state index in [1.165, 1.54) is 4.88 Å². The highest BCUT2D eigenvalue weighted by atomic mass is 32.2. The van der Waals surface area contributed by atoms with Gasteiger partial charge in [-0.1, -0.05) is 24.3 Å². The topological polar surface area (TPSA) is 54.5 Å². The van der Waals surface area contributed by atoms with Gasteiger partial charge in [0, 0.05) is 35.7 Å². The Bertz CT molecular complexity index is 929. The third kappa shape index (κ3) is 6.08. The number of pyridine rings is 1. The van der Waals surface area contributed by atoms with Crippen LogP contribution < -0.4 is 5.32 Å². The van der Waals surface area contributed by atoms with Gasteiger partial charge in [0.15, 0.2) is 0 Å². The Morgan fingerprint density at radius 1 is 1.23 bits per heavy atom. The summed E-state index contributed by atoms with van der Waals surface area (Å²) in [6.45, 7) is 1.99. The lowest BCUT2D eigenvalue weighted by Gasteiger charge is -2.25. The summed E-state index contributed by atoms with van der Waals surface area (Å²) in [5, 5.41) is 6.11. The van der Waals surface area contributed by atoms with Crippen molar-refractivity contribution in [3.05, 3.63) is 76.6 Å². The SMILES string of the molecule is O=C(Nc1cccc(CSc2ccccn2)c1)N(Cc1cccs1)CC1CCCO1. The minimum absolute atomic E-state index is 0.0894. The van der Waals surface area contributed by atoms with Gasteiger partial charge in [0.05, 0.1) is 17.7 Å². The monoisotopic (exact) mass is 439 g/mol. The number of benzene rings is 1. The standard InChI is InChI=1S/C23H25N3O2S2/c27-23(26(15-20-8-4-12-28-20)16-21-9-5-13-29-21)25-19-7-3-6-18(14-19)17-30-22-10-1-2-11-24-22/h1-3,5-7,9-11,13-14,20H,4,8,12,15-17H2,(H,25,27). The number of thioether (sulfide) groups is 1. The molecule has 1 atom stereocenters. The molecule has 1 aliphatic rings. The van der Waals surface area contributed by atoms with Gasteiger partial charge in [-0.25, -0.2) is 9.78 Å². The second kappa shape index (κ2) is 10.6. The van der Waals surface area contributed by atoms with Gasteiger partial charge >= 0.3 is 6.03 Å². The Balaban J connectivity index is 1.39. The van der Waals surface area contributed by atoms with Gasteiger partial charge in [0.25, 0.3) is 0 Å². The molecule has 30 heavy (non-hydrogen) atoms. The molecule has 156 valence electrons. The van der Waals surface area contributed by atoms with Crippen LogP contribution in [0.15, 0.2) is 71.2 Å². The molecular formula is C23H25N3O2S2. The minimum atomic E-state index is -0.0894. The number of nitrogens with zero attached hydrogens (tertiary/aromatic N) is 2. The second-order valence-corrected chi connectivity index (χ2v) is 9.21. The number of hydrogen-bond donors (Lipinski definition) is 1. The molecule has 0 radical (unpaired) electrons. The molecule has 1 unspecified atom stereocenters. The van der Waals surface area contributed by atoms with Gasteiger partial charge < -0.3 is 15.0 Å². The van der Waals surface area contributed by atoms with Gasteiger partial charge in [-0.15, -0.1) is 23.1 Å². The van der Waals surface area contributed by atoms with Crippen LogP contribution in [0, 0.1) is 0 Å². The average Bonchev–Trinajstić information content (AvgIpc) is 3.47. The Morgan fingerprint density at radius 2 is 2.20 bits per heavy atom. The largest absolute Gasteiger partial charge is 0.376 e. The predicted molar refractivity (Wildman–Crippen MR) is 123 cm³/mol. The molecule has 1 N–H and O–H groups in total. The molecule has 1 aliphatic heterocycles. The number of nitrogens with one attached hydrogen (secondary N) is 1. The van der Waals surface area contributed by atoms with Crippen LogP contribution >= 0.6 is 23.1 Å². The zero-order chi connectivity index (χ0) is 20.6. The van der Waals surface area contributed by atoms with Crippen molar-refractivity contribution in [2.75, 3.05) is 18.5 Å². The van der Waals surface area contributed by atoms with Crippen LogP contribution in [0.2, 0.25) is 0 Å². The Labute approximate surface area is 185 Å². The molecule has 0 spiro atoms. The van der Waals surface area contributed by atoms with Gasteiger partial charge in [-0.05, 0) is 54.1 Å². The smallest absolute Gasteiger partial charge is 0.322 e. The predicted octanol–water partition coefficient (Wildman–Crippen LogP) is 5.65. The lowest BCUT2D eigenvalue weighted by atomic mass is 10.2. The van der Waals surface area contributed by atoms with Gasteiger partial charge in [0.1, 0.15) is 0 Å². The number of thiophene rings is 1. The lowest BCUT2D eigenvalue weighted by Crippen LogP contribution is -2.39. The fourth-order valence-electron chi connectivity index (χ4n) is 3.38. The van der Waals surface area contributed by atoms with Crippen molar-refractivity contribution >= 4 is 34.8 Å². The molecule has 4 rings (SSSR count). The van der Waals surface area contributed by atoms with Crippen LogP contribution in [0.3, 0.4) is 0 Å². The van der Waals surface area contributed by atoms with Gasteiger partial charge in [-0.3, -0.25) is 0 Å². The molecule has 1 fully saturated rings. The van der Waals surface area contributed by atoms with E-state index in [0.29, 0.717) is 13.1 Å². The molecule has 1 saturated heterocycles. The Hall–Kier alpha value is -2.35. The van der Waals surface area contributed by atoms with Crippen molar-refractivity contribution in [3.63, 3.8) is 0 Å². The number of carbonyl (C=O) groups excluding carboxylic acids is 1. The van der Waals surface area contributed by atoms with Crippen LogP contribution in [0.5, 0.6) is 0 Å². The number of aromatic nitrogens is 1. The van der Waals surface area contributed by atoms with E-state index >= 15 is 0 Å². The first kappa shape index (κ1) is 20.9. The summed E-state index contributed by atoms with van der Waals surface area (Å²) in [5.41, 5.74) is 1.95. The van der Waals surface area contributed by atoms with E-state index in [1.54, 1.807) is 29.3 Å². The first-order valence-corrected chi connectivity index (χ1v) is 12.0. The molecule has 3 aromatic rings. The number of carbonyl (C=O) groups is 1. The van der Waals surface area contributed by atoms with Crippen molar-refractivity contribution in [1.29, 1.82) is 0 Å². The van der Waals surface area contributed by atoms with E-state index in [-0.39, 0.29) is 12.1 Å². The van der Waals surface area contributed by atoms with E-state index in [1.807, 2.05) is 52.7 Å². The van der Waals surface area contributed by atoms with E-state index in [9.17, 15) is 4.79 Å². The van der Waals surface area contributed by atoms with Crippen molar-refractivity contribution in [2.45, 2.75) is 36.3 Å². The summed E-state index contributed by atoms with van der Waals surface area (Å²) < 4.78 is 5.77. The molecule has 3 heterocycles. The number of rotatable bonds is 8. The normalized spacial score (nSPS) is 15.8. The molecule has 1 aromatic carbocycles. The first-order valence-electron chi connectivity index (χ1n) is 10.1. The zero-order valence-corrected chi connectivity index (χ0v) is 18.3. The number of ether oxygens (including phenoxy) is 1. The zero-order valence-electron chi connectivity index (χ0n) is 16.7. The summed E-state index contributed by atoms with van der Waals surface area (Å²) in [5.74, 6) is 0.801. The molecule has 7 heteroatoms. The third-order valence-electron chi connectivity index (χ3n) is 4.86. The first-order chi connectivity index (χ1) is 14.8. The van der Waals surface area contributed by atoms with E-state index < -0.39 is 0 Å². The number of anilines is 1. The fourth-order valence-corrected chi connectivity index (χ4v) is 4.90. The van der Waals surface area contributed by atoms with E-state index in [0.717, 1.165) is 41.5 Å². The highest BCUT2D eigenvalue weighted by Gasteiger charge is 2.23. The molecule has 2 amide bonds. The molecule has 0 bridgehead atoms. The second-order valence-electron chi connectivity index (χ2n) is 7.18. The van der Waals surface area contributed by atoms with Crippen molar-refractivity contribution in [2.24, 2.45) is 0 Å². The lowest BCUT2D eigenvalue weighted by molar-refractivity contribution is 0.0821.